The molecule has 0 saturated heterocycles. The number of carbonyl (C=O) groups is 2. The highest BCUT2D eigenvalue weighted by atomic mass is 16.7. The molecule has 2 fully saturated rings. The van der Waals surface area contributed by atoms with E-state index >= 15 is 0 Å². The van der Waals surface area contributed by atoms with Gasteiger partial charge in [-0.1, -0.05) is 39.0 Å². The van der Waals surface area contributed by atoms with Crippen LogP contribution in [0.4, 0.5) is 5.69 Å². The van der Waals surface area contributed by atoms with Gasteiger partial charge in [0.2, 0.25) is 0 Å². The largest absolute Gasteiger partial charge is 0.337 e. The smallest absolute Gasteiger partial charge is 0.329 e. The molecule has 122 valence electrons. The van der Waals surface area contributed by atoms with E-state index in [4.69, 9.17) is 4.84 Å². The number of allylic oxidation sites excluding steroid dienone is 1. The summed E-state index contributed by atoms with van der Waals surface area (Å²) in [7, 11) is 0. The van der Waals surface area contributed by atoms with Gasteiger partial charge in [0.05, 0.1) is 11.9 Å². The van der Waals surface area contributed by atoms with Gasteiger partial charge >= 0.3 is 5.97 Å². The van der Waals surface area contributed by atoms with Crippen LogP contribution in [0.1, 0.15) is 40.5 Å². The molecule has 2 saturated carbocycles. The number of hydrogen-bond acceptors (Lipinski definition) is 4. The minimum atomic E-state index is -0.410. The van der Waals surface area contributed by atoms with Crippen LogP contribution in [0.25, 0.3) is 0 Å². The molecule has 4 heteroatoms. The Morgan fingerprint density at radius 2 is 1.91 bits per heavy atom. The van der Waals surface area contributed by atoms with Gasteiger partial charge in [-0.05, 0) is 36.3 Å². The van der Waals surface area contributed by atoms with Gasteiger partial charge in [0.1, 0.15) is 0 Å². The molecule has 1 aromatic carbocycles. The minimum Gasteiger partial charge on any atom is -0.337 e. The number of hydroxylamine groups is 1. The molecule has 2 aliphatic rings. The van der Waals surface area contributed by atoms with Crippen LogP contribution in [0, 0.1) is 16.7 Å². The van der Waals surface area contributed by atoms with Gasteiger partial charge in [0.25, 0.3) is 0 Å². The first-order chi connectivity index (χ1) is 10.8. The minimum absolute atomic E-state index is 0.0610. The third kappa shape index (κ3) is 2.28. The van der Waals surface area contributed by atoms with Gasteiger partial charge in [-0.3, -0.25) is 4.79 Å². The lowest BCUT2D eigenvalue weighted by molar-refractivity contribution is -0.141. The number of hydrogen-bond donors (Lipinski definition) is 0. The van der Waals surface area contributed by atoms with Crippen molar-refractivity contribution in [2.24, 2.45) is 16.7 Å². The predicted molar refractivity (Wildman–Crippen MR) is 88.4 cm³/mol. The number of ketones is 1. The average molecular weight is 313 g/mol. The molecule has 2 atom stereocenters. The molecule has 23 heavy (non-hydrogen) atoms. The second-order valence-electron chi connectivity index (χ2n) is 7.30. The van der Waals surface area contributed by atoms with E-state index in [1.165, 1.54) is 12.0 Å². The zero-order valence-electron chi connectivity index (χ0n) is 14.1. The summed E-state index contributed by atoms with van der Waals surface area (Å²) in [6.45, 7) is 7.77. The molecule has 0 unspecified atom stereocenters. The van der Waals surface area contributed by atoms with E-state index in [1.807, 2.05) is 30.3 Å². The maximum atomic E-state index is 12.9. The maximum absolute atomic E-state index is 12.9. The van der Waals surface area contributed by atoms with Gasteiger partial charge in [0, 0.05) is 17.9 Å². The summed E-state index contributed by atoms with van der Waals surface area (Å²) in [4.78, 5) is 29.7. The van der Waals surface area contributed by atoms with Crippen molar-refractivity contribution < 1.29 is 14.4 Å². The van der Waals surface area contributed by atoms with Crippen LogP contribution in [-0.4, -0.2) is 11.8 Å². The van der Waals surface area contributed by atoms with Crippen molar-refractivity contribution in [3.8, 4) is 0 Å². The zero-order chi connectivity index (χ0) is 16.8. The lowest BCUT2D eigenvalue weighted by atomic mass is 9.70. The third-order valence-corrected chi connectivity index (χ3v) is 5.86. The molecule has 0 amide bonds. The molecule has 0 spiro atoms. The molecule has 0 radical (unpaired) electrons. The highest BCUT2D eigenvalue weighted by molar-refractivity contribution is 6.05. The molecule has 0 aliphatic heterocycles. The van der Waals surface area contributed by atoms with Crippen molar-refractivity contribution >= 4 is 17.4 Å². The summed E-state index contributed by atoms with van der Waals surface area (Å²) >= 11 is 0. The molecule has 4 nitrogen and oxygen atoms in total. The maximum Gasteiger partial charge on any atom is 0.329 e. The lowest BCUT2D eigenvalue weighted by Gasteiger charge is -2.31. The normalized spacial score (nSPS) is 29.8. The topological polar surface area (TPSA) is 46.6 Å². The standard InChI is InChI=1S/C19H23NO3/c1-13(21)23-20(14-8-6-5-7-9-14)12-15-16-10-11-19(4,17(15)22)18(16,2)3/h5-9,12,16H,10-11H2,1-4H3/b15-12-/t16-,19-/m1/s1. The molecule has 2 bridgehead atoms. The van der Waals surface area contributed by atoms with E-state index in [1.54, 1.807) is 6.20 Å². The second kappa shape index (κ2) is 5.22. The first-order valence-electron chi connectivity index (χ1n) is 8.07. The summed E-state index contributed by atoms with van der Waals surface area (Å²) in [5.74, 6) is -0.0135. The Kier molecular flexibility index (Phi) is 3.58. The zero-order valence-corrected chi connectivity index (χ0v) is 14.1. The summed E-state index contributed by atoms with van der Waals surface area (Å²) in [5, 5.41) is 1.43. The van der Waals surface area contributed by atoms with Crippen molar-refractivity contribution in [3.05, 3.63) is 42.1 Å². The summed E-state index contributed by atoms with van der Waals surface area (Å²) in [6, 6.07) is 9.35. The molecule has 0 aromatic heterocycles. The van der Waals surface area contributed by atoms with E-state index in [2.05, 4.69) is 20.8 Å². The van der Waals surface area contributed by atoms with Crippen LogP contribution in [0.15, 0.2) is 42.1 Å². The van der Waals surface area contributed by atoms with Crippen LogP contribution in [0.3, 0.4) is 0 Å². The van der Waals surface area contributed by atoms with Crippen molar-refractivity contribution in [1.29, 1.82) is 0 Å². The van der Waals surface area contributed by atoms with E-state index in [0.717, 1.165) is 24.1 Å². The lowest BCUT2D eigenvalue weighted by Crippen LogP contribution is -2.32. The van der Waals surface area contributed by atoms with Crippen molar-refractivity contribution in [1.82, 2.24) is 0 Å². The Balaban J connectivity index is 2.01. The summed E-state index contributed by atoms with van der Waals surface area (Å²) in [6.07, 6.45) is 3.65. The number of anilines is 1. The van der Waals surface area contributed by atoms with Gasteiger partial charge in [-0.2, -0.15) is 5.06 Å². The van der Waals surface area contributed by atoms with Crippen molar-refractivity contribution in [3.63, 3.8) is 0 Å². The number of para-hydroxylation sites is 1. The molecule has 0 heterocycles. The van der Waals surface area contributed by atoms with Gasteiger partial charge in [0.15, 0.2) is 5.78 Å². The fourth-order valence-corrected chi connectivity index (χ4v) is 4.07. The van der Waals surface area contributed by atoms with E-state index < -0.39 is 5.97 Å². The highest BCUT2D eigenvalue weighted by Gasteiger charge is 2.64. The number of fused-ring (bicyclic) bond motifs is 2. The second-order valence-corrected chi connectivity index (χ2v) is 7.30. The van der Waals surface area contributed by atoms with Crippen LogP contribution in [0.5, 0.6) is 0 Å². The fourth-order valence-electron chi connectivity index (χ4n) is 4.07. The summed E-state index contributed by atoms with van der Waals surface area (Å²) in [5.41, 5.74) is 1.12. The molecule has 3 rings (SSSR count). The first-order valence-corrected chi connectivity index (χ1v) is 8.07. The molecule has 2 aliphatic carbocycles. The Bertz CT molecular complexity index is 677. The third-order valence-electron chi connectivity index (χ3n) is 5.86. The van der Waals surface area contributed by atoms with Crippen molar-refractivity contribution in [2.45, 2.75) is 40.5 Å². The van der Waals surface area contributed by atoms with Gasteiger partial charge < -0.3 is 4.84 Å². The monoisotopic (exact) mass is 313 g/mol. The Morgan fingerprint density at radius 3 is 2.43 bits per heavy atom. The number of benzene rings is 1. The molecule has 0 N–H and O–H groups in total. The van der Waals surface area contributed by atoms with Gasteiger partial charge in [-0.15, -0.1) is 0 Å². The Hall–Kier alpha value is -2.10. The van der Waals surface area contributed by atoms with Crippen LogP contribution in [0.2, 0.25) is 0 Å². The number of rotatable bonds is 3. The molecular weight excluding hydrogens is 290 g/mol. The van der Waals surface area contributed by atoms with Crippen LogP contribution >= 0.6 is 0 Å². The summed E-state index contributed by atoms with van der Waals surface area (Å²) < 4.78 is 0. The Labute approximate surface area is 137 Å². The van der Waals surface area contributed by atoms with Crippen molar-refractivity contribution in [2.75, 3.05) is 5.06 Å². The van der Waals surface area contributed by atoms with E-state index in [9.17, 15) is 9.59 Å². The molecular formula is C19H23NO3. The van der Waals surface area contributed by atoms with E-state index in [-0.39, 0.29) is 22.5 Å². The van der Waals surface area contributed by atoms with Crippen LogP contribution in [-0.2, 0) is 14.4 Å². The van der Waals surface area contributed by atoms with Crippen LogP contribution < -0.4 is 5.06 Å². The Morgan fingerprint density at radius 1 is 1.26 bits per heavy atom. The van der Waals surface area contributed by atoms with Gasteiger partial charge in [-0.25, -0.2) is 4.79 Å². The fraction of sp³-hybridized carbons (Fsp3) is 0.474. The average Bonchev–Trinajstić information content (AvgIpc) is 2.81. The quantitative estimate of drug-likeness (QED) is 0.627. The number of carbonyl (C=O) groups excluding carboxylic acids is 2. The SMILES string of the molecule is CC(=O)ON(/C=C1\C(=O)[C@@]2(C)CC[C@H]1C2(C)C)c1ccccc1. The highest BCUT2D eigenvalue weighted by Crippen LogP contribution is 2.65. The first kappa shape index (κ1) is 15.8. The number of Topliss-reactive ketones (excluding diaryl/α,β-unsaturated/α-hetero) is 1. The van der Waals surface area contributed by atoms with E-state index in [0.29, 0.717) is 0 Å². The predicted octanol–water partition coefficient (Wildman–Crippen LogP) is 3.88. The number of nitrogens with zero attached hydrogens (tertiary/aromatic N) is 1. The molecule has 1 aromatic rings.